The number of aryl methyl sites for hydroxylation is 2. The number of nitriles is 1. The smallest absolute Gasteiger partial charge is 0.118 e. The van der Waals surface area contributed by atoms with E-state index in [0.29, 0.717) is 11.5 Å². The van der Waals surface area contributed by atoms with Gasteiger partial charge in [-0.1, -0.05) is 82.3 Å². The summed E-state index contributed by atoms with van der Waals surface area (Å²) in [5, 5.41) is 26.0. The molecule has 2 N–H and O–H groups in total. The number of phenols is 2. The Kier molecular flexibility index (Phi) is 271. The van der Waals surface area contributed by atoms with Crippen molar-refractivity contribution in [3.05, 3.63) is 103 Å². The Morgan fingerprint density at radius 1 is 0.422 bits per heavy atom. The van der Waals surface area contributed by atoms with Crippen LogP contribution in [-0.2, 0) is 297 Å². The van der Waals surface area contributed by atoms with Crippen molar-refractivity contribution in [3.63, 3.8) is 0 Å². The molecule has 0 spiro atoms. The van der Waals surface area contributed by atoms with Gasteiger partial charge in [0.15, 0.2) is 0 Å². The standard InChI is InChI=1S/C8H7N.C7H8O.C6H6O.2C2H6.CH3.16V/c1-7-4-2-3-5-8(7)6-9;1-6-4-2-3-5-7(6)8;7-6-4-2-1-3-5-6;2*1-2;;;;;;;;;;;;;;;;;/h2-5H,1H3;2-5,8H,1H3;1-5,7H;2*1-2H3;1H3;;;;;;;;;;;;;;;;/q;;;;;-1;;;;;;;;;;;;;;;;. The first-order valence-corrected chi connectivity index (χ1v) is 9.49. The number of hydrogen-bond acceptors (Lipinski definition) is 3. The summed E-state index contributed by atoms with van der Waals surface area (Å²) in [5.41, 5.74) is 2.73. The second-order valence-electron chi connectivity index (χ2n) is 5.05. The van der Waals surface area contributed by atoms with Gasteiger partial charge in [-0.25, -0.2) is 0 Å². The summed E-state index contributed by atoms with van der Waals surface area (Å²) in [6.07, 6.45) is 0. The quantitative estimate of drug-likeness (QED) is 0.231. The van der Waals surface area contributed by atoms with Crippen molar-refractivity contribution >= 4 is 0 Å². The molecule has 19 heteroatoms. The number of benzene rings is 3. The van der Waals surface area contributed by atoms with Crippen LogP contribution in [-0.4, -0.2) is 10.2 Å². The average molecular weight is 1210 g/mol. The van der Waals surface area contributed by atoms with Crippen LogP contribution in [0, 0.1) is 32.6 Å². The molecule has 0 unspecified atom stereocenters. The predicted octanol–water partition coefficient (Wildman–Crippen LogP) is 7.42. The summed E-state index contributed by atoms with van der Waals surface area (Å²) in [7, 11) is 0. The van der Waals surface area contributed by atoms with Gasteiger partial charge in [0.1, 0.15) is 11.5 Å². The SMILES string of the molecule is CC.CC.Cc1ccccc1C#N.Cc1ccccc1O.Oc1ccccc1.[CH3-].[V].[V].[V].[V].[V].[V].[V].[V].[V].[V].[V].[V].[V].[V].[V].[V]. The van der Waals surface area contributed by atoms with E-state index in [2.05, 4.69) is 6.07 Å². The third-order valence-corrected chi connectivity index (χ3v) is 3.14. The van der Waals surface area contributed by atoms with Crippen molar-refractivity contribution in [1.29, 1.82) is 5.26 Å². The first-order valence-electron chi connectivity index (χ1n) is 9.49. The summed E-state index contributed by atoms with van der Waals surface area (Å²) < 4.78 is 0. The van der Waals surface area contributed by atoms with Crippen molar-refractivity contribution in [2.24, 2.45) is 0 Å². The second-order valence-corrected chi connectivity index (χ2v) is 5.05. The fraction of sp³-hybridized carbons (Fsp3) is 0.231. The largest absolute Gasteiger partial charge is 0.508 e. The minimum absolute atomic E-state index is 0. The molecule has 0 bridgehead atoms. The molecule has 0 heterocycles. The number of para-hydroxylation sites is 2. The molecule has 0 aliphatic carbocycles. The van der Waals surface area contributed by atoms with Crippen molar-refractivity contribution in [3.8, 4) is 17.6 Å². The van der Waals surface area contributed by atoms with Gasteiger partial charge in [-0.3, -0.25) is 0 Å². The van der Waals surface area contributed by atoms with Gasteiger partial charge in [0, 0.05) is 297 Å². The Morgan fingerprint density at radius 2 is 0.689 bits per heavy atom. The van der Waals surface area contributed by atoms with Gasteiger partial charge in [0.25, 0.3) is 0 Å². The summed E-state index contributed by atoms with van der Waals surface area (Å²) in [6, 6.07) is 25.6. The minimum atomic E-state index is 0. The summed E-state index contributed by atoms with van der Waals surface area (Å²) in [5.74, 6) is 0.690. The van der Waals surface area contributed by atoms with E-state index in [1.165, 1.54) is 0 Å². The summed E-state index contributed by atoms with van der Waals surface area (Å²) in [4.78, 5) is 0. The first kappa shape index (κ1) is 124. The normalized spacial score (nSPS) is 4.91. The van der Waals surface area contributed by atoms with Crippen LogP contribution in [0.5, 0.6) is 11.5 Å². The predicted molar refractivity (Wildman–Crippen MR) is 126 cm³/mol. The molecule has 0 fully saturated rings. The Bertz CT molecular complexity index is 799. The molecule has 16 radical (unpaired) electrons. The maximum atomic E-state index is 8.92. The fourth-order valence-electron chi connectivity index (χ4n) is 1.69. The first-order chi connectivity index (χ1) is 13.5. The summed E-state index contributed by atoms with van der Waals surface area (Å²) in [6.45, 7) is 11.8. The third kappa shape index (κ3) is 79.9. The molecule has 0 aromatic heterocycles. The fourth-order valence-corrected chi connectivity index (χ4v) is 1.69. The summed E-state index contributed by atoms with van der Waals surface area (Å²) >= 11 is 0. The van der Waals surface area contributed by atoms with Gasteiger partial charge in [-0.05, 0) is 49.2 Å². The van der Waals surface area contributed by atoms with Crippen LogP contribution >= 0.6 is 0 Å². The van der Waals surface area contributed by atoms with Gasteiger partial charge in [-0.15, -0.1) is 0 Å². The molecule has 0 aliphatic heterocycles. The van der Waals surface area contributed by atoms with Crippen molar-refractivity contribution in [2.45, 2.75) is 41.5 Å². The molecule has 3 aromatic rings. The molecule has 0 saturated heterocycles. The van der Waals surface area contributed by atoms with Crippen molar-refractivity contribution in [1.82, 2.24) is 0 Å². The van der Waals surface area contributed by atoms with Crippen LogP contribution in [0.3, 0.4) is 0 Å². The van der Waals surface area contributed by atoms with E-state index in [0.717, 1.165) is 16.7 Å². The number of nitrogens with zero attached hydrogens (tertiary/aromatic N) is 1. The van der Waals surface area contributed by atoms with Gasteiger partial charge in [0.05, 0.1) is 11.6 Å². The van der Waals surface area contributed by atoms with Crippen molar-refractivity contribution in [2.75, 3.05) is 0 Å². The molecular formula is C26H36NO2V16-. The van der Waals surface area contributed by atoms with Crippen molar-refractivity contribution < 1.29 is 307 Å². The number of rotatable bonds is 0. The zero-order valence-corrected chi connectivity index (χ0v) is 48.3. The molecule has 0 amide bonds. The number of phenolic OH excluding ortho intramolecular Hbond substituents is 2. The molecule has 0 atom stereocenters. The van der Waals surface area contributed by atoms with Crippen LogP contribution < -0.4 is 0 Å². The molecule has 0 saturated carbocycles. The van der Waals surface area contributed by atoms with E-state index >= 15 is 0 Å². The number of aromatic hydroxyl groups is 2. The molecule has 3 rings (SSSR count). The topological polar surface area (TPSA) is 64.2 Å². The molecular weight excluding hydrogens is 1170 g/mol. The van der Waals surface area contributed by atoms with E-state index in [4.69, 9.17) is 15.5 Å². The minimum Gasteiger partial charge on any atom is -0.508 e. The maximum absolute atomic E-state index is 8.92. The molecule has 3 nitrogen and oxygen atoms in total. The van der Waals surface area contributed by atoms with Crippen LogP contribution in [0.4, 0.5) is 0 Å². The van der Waals surface area contributed by atoms with Crippen LogP contribution in [0.25, 0.3) is 0 Å². The van der Waals surface area contributed by atoms with Gasteiger partial charge < -0.3 is 17.6 Å². The zero-order valence-electron chi connectivity index (χ0n) is 26.0. The third-order valence-electron chi connectivity index (χ3n) is 3.14. The Balaban J connectivity index is -0.0000000107. The van der Waals surface area contributed by atoms with E-state index in [9.17, 15) is 0 Å². The van der Waals surface area contributed by atoms with E-state index < -0.39 is 0 Å². The van der Waals surface area contributed by atoms with Gasteiger partial charge >= 0.3 is 0 Å². The van der Waals surface area contributed by atoms with E-state index in [-0.39, 0.29) is 304 Å². The van der Waals surface area contributed by atoms with Gasteiger partial charge in [0.2, 0.25) is 0 Å². The van der Waals surface area contributed by atoms with Gasteiger partial charge in [-0.2, -0.15) is 5.26 Å². The maximum Gasteiger partial charge on any atom is 0.118 e. The Hall–Kier alpha value is 6.10. The van der Waals surface area contributed by atoms with Crippen LogP contribution in [0.1, 0.15) is 44.4 Å². The zero-order chi connectivity index (χ0) is 21.8. The second kappa shape index (κ2) is 98.0. The molecule has 3 aromatic carbocycles. The Morgan fingerprint density at radius 3 is 0.867 bits per heavy atom. The average Bonchev–Trinajstić information content (AvgIpc) is 2.75. The van der Waals surface area contributed by atoms with E-state index in [1.54, 1.807) is 30.3 Å². The molecule has 0 aliphatic rings. The monoisotopic (exact) mass is 1210 g/mol. The van der Waals surface area contributed by atoms with E-state index in [1.807, 2.05) is 90.1 Å². The van der Waals surface area contributed by atoms with Crippen LogP contribution in [0.2, 0.25) is 0 Å². The van der Waals surface area contributed by atoms with Crippen LogP contribution in [0.15, 0.2) is 78.9 Å². The molecule has 238 valence electrons. The molecule has 45 heavy (non-hydrogen) atoms. The number of hydrogen-bond donors (Lipinski definition) is 2. The Labute approximate surface area is 466 Å².